The quantitative estimate of drug-likeness (QED) is 0.761. The number of carbonyl (C=O) groups is 2. The second-order valence-electron chi connectivity index (χ2n) is 6.29. The summed E-state index contributed by atoms with van der Waals surface area (Å²) in [5, 5.41) is 9.15. The highest BCUT2D eigenvalue weighted by Crippen LogP contribution is 2.59. The Hall–Kier alpha value is -1.10. The van der Waals surface area contributed by atoms with Gasteiger partial charge in [0.1, 0.15) is 0 Å². The maximum atomic E-state index is 12.5. The van der Waals surface area contributed by atoms with Crippen molar-refractivity contribution in [2.45, 2.75) is 27.7 Å². The van der Waals surface area contributed by atoms with Crippen LogP contribution in [0.15, 0.2) is 0 Å². The number of carboxylic acid groups (broad SMARTS) is 1. The lowest BCUT2D eigenvalue weighted by Gasteiger charge is -2.25. The summed E-state index contributed by atoms with van der Waals surface area (Å²) in [6, 6.07) is 0. The van der Waals surface area contributed by atoms with Crippen LogP contribution in [-0.2, 0) is 14.3 Å². The van der Waals surface area contributed by atoms with Crippen molar-refractivity contribution < 1.29 is 19.4 Å². The summed E-state index contributed by atoms with van der Waals surface area (Å²) in [5.41, 5.74) is -0.439. The van der Waals surface area contributed by atoms with Gasteiger partial charge in [0.25, 0.3) is 0 Å². The monoisotopic (exact) mass is 271 g/mol. The molecule has 0 aliphatic heterocycles. The van der Waals surface area contributed by atoms with Crippen molar-refractivity contribution in [2.75, 3.05) is 26.8 Å². The van der Waals surface area contributed by atoms with E-state index in [1.54, 1.807) is 12.0 Å². The third-order valence-corrected chi connectivity index (χ3v) is 3.82. The molecule has 0 aromatic rings. The van der Waals surface area contributed by atoms with Crippen LogP contribution in [0.2, 0.25) is 0 Å². The molecule has 0 saturated heterocycles. The molecule has 2 unspecified atom stereocenters. The molecule has 0 spiro atoms. The largest absolute Gasteiger partial charge is 0.481 e. The van der Waals surface area contributed by atoms with Gasteiger partial charge >= 0.3 is 5.97 Å². The number of hydrogen-bond donors (Lipinski definition) is 1. The van der Waals surface area contributed by atoms with Crippen LogP contribution in [0.4, 0.5) is 0 Å². The number of carbonyl (C=O) groups excluding carboxylic acids is 1. The molecule has 0 radical (unpaired) electrons. The highest BCUT2D eigenvalue weighted by Gasteiger charge is 2.66. The van der Waals surface area contributed by atoms with E-state index in [1.165, 1.54) is 0 Å². The number of aliphatic carboxylic acids is 1. The van der Waals surface area contributed by atoms with E-state index in [9.17, 15) is 9.59 Å². The van der Waals surface area contributed by atoms with Gasteiger partial charge in [0.2, 0.25) is 5.91 Å². The maximum Gasteiger partial charge on any atom is 0.307 e. The predicted molar refractivity (Wildman–Crippen MR) is 71.7 cm³/mol. The van der Waals surface area contributed by atoms with Crippen molar-refractivity contribution in [1.29, 1.82) is 0 Å². The number of methoxy groups -OCH3 is 1. The lowest BCUT2D eigenvalue weighted by molar-refractivity contribution is -0.142. The van der Waals surface area contributed by atoms with Gasteiger partial charge in [-0.05, 0) is 11.3 Å². The van der Waals surface area contributed by atoms with Crippen LogP contribution in [0.1, 0.15) is 27.7 Å². The molecule has 1 rings (SSSR count). The first-order valence-electron chi connectivity index (χ1n) is 6.74. The Labute approximate surface area is 114 Å². The Bertz CT molecular complexity index is 351. The van der Waals surface area contributed by atoms with E-state index >= 15 is 0 Å². The molecular formula is C14H25NO4. The van der Waals surface area contributed by atoms with E-state index in [4.69, 9.17) is 9.84 Å². The molecule has 0 bridgehead atoms. The van der Waals surface area contributed by atoms with Crippen LogP contribution in [0, 0.1) is 23.2 Å². The van der Waals surface area contributed by atoms with Crippen molar-refractivity contribution in [3.63, 3.8) is 0 Å². The molecule has 1 amide bonds. The van der Waals surface area contributed by atoms with Gasteiger partial charge in [-0.1, -0.05) is 27.7 Å². The summed E-state index contributed by atoms with van der Waals surface area (Å²) in [6.07, 6.45) is 0. The third-order valence-electron chi connectivity index (χ3n) is 3.82. The zero-order valence-electron chi connectivity index (χ0n) is 12.5. The highest BCUT2D eigenvalue weighted by atomic mass is 16.5. The molecule has 1 N–H and O–H groups in total. The topological polar surface area (TPSA) is 66.8 Å². The minimum Gasteiger partial charge on any atom is -0.481 e. The van der Waals surface area contributed by atoms with Crippen LogP contribution in [0.5, 0.6) is 0 Å². The molecule has 2 atom stereocenters. The average molecular weight is 271 g/mol. The Kier molecular flexibility index (Phi) is 4.96. The first-order chi connectivity index (χ1) is 8.73. The first kappa shape index (κ1) is 16.0. The fourth-order valence-corrected chi connectivity index (χ4v) is 2.69. The standard InChI is InChI=1S/C14H25NO4/c1-9(2)8-15(6-7-19-5)12(16)10-11(13(17)18)14(10,3)4/h9-11H,6-8H2,1-5H3,(H,17,18). The van der Waals surface area contributed by atoms with E-state index in [1.807, 2.05) is 27.7 Å². The fourth-order valence-electron chi connectivity index (χ4n) is 2.69. The van der Waals surface area contributed by atoms with Crippen LogP contribution < -0.4 is 0 Å². The Balaban J connectivity index is 2.74. The van der Waals surface area contributed by atoms with Crippen LogP contribution in [0.25, 0.3) is 0 Å². The third kappa shape index (κ3) is 3.47. The highest BCUT2D eigenvalue weighted by molar-refractivity contribution is 5.91. The van der Waals surface area contributed by atoms with Gasteiger partial charge in [0.05, 0.1) is 18.4 Å². The summed E-state index contributed by atoms with van der Waals surface area (Å²) in [4.78, 5) is 25.4. The summed E-state index contributed by atoms with van der Waals surface area (Å²) < 4.78 is 5.02. The molecule has 5 heteroatoms. The second kappa shape index (κ2) is 5.90. The van der Waals surface area contributed by atoms with Gasteiger partial charge in [-0.25, -0.2) is 0 Å². The van der Waals surface area contributed by atoms with Gasteiger partial charge < -0.3 is 14.7 Å². The van der Waals surface area contributed by atoms with E-state index < -0.39 is 23.2 Å². The van der Waals surface area contributed by atoms with Crippen LogP contribution in [0.3, 0.4) is 0 Å². The Morgan fingerprint density at radius 2 is 1.89 bits per heavy atom. The molecule has 1 aliphatic rings. The maximum absolute atomic E-state index is 12.5. The van der Waals surface area contributed by atoms with Crippen LogP contribution >= 0.6 is 0 Å². The minimum atomic E-state index is -0.875. The average Bonchev–Trinajstić information content (AvgIpc) is 2.86. The van der Waals surface area contributed by atoms with Gasteiger partial charge in [-0.15, -0.1) is 0 Å². The molecule has 0 aromatic carbocycles. The van der Waals surface area contributed by atoms with Gasteiger partial charge in [-0.3, -0.25) is 9.59 Å². The lowest BCUT2D eigenvalue weighted by Crippen LogP contribution is -2.38. The summed E-state index contributed by atoms with van der Waals surface area (Å²) in [5.74, 6) is -1.54. The molecule has 0 heterocycles. The fraction of sp³-hybridized carbons (Fsp3) is 0.857. The van der Waals surface area contributed by atoms with Crippen LogP contribution in [-0.4, -0.2) is 48.7 Å². The molecule has 0 aromatic heterocycles. The van der Waals surface area contributed by atoms with Crippen molar-refractivity contribution >= 4 is 11.9 Å². The first-order valence-corrected chi connectivity index (χ1v) is 6.74. The van der Waals surface area contributed by atoms with Gasteiger partial charge in [0, 0.05) is 20.2 Å². The zero-order valence-corrected chi connectivity index (χ0v) is 12.5. The number of rotatable bonds is 7. The second-order valence-corrected chi connectivity index (χ2v) is 6.29. The lowest BCUT2D eigenvalue weighted by atomic mass is 10.1. The van der Waals surface area contributed by atoms with E-state index in [0.29, 0.717) is 25.6 Å². The van der Waals surface area contributed by atoms with E-state index in [2.05, 4.69) is 0 Å². The van der Waals surface area contributed by atoms with Crippen molar-refractivity contribution in [3.8, 4) is 0 Å². The molecule has 1 saturated carbocycles. The molecule has 1 aliphatic carbocycles. The summed E-state index contributed by atoms with van der Waals surface area (Å²) in [6.45, 7) is 9.41. The summed E-state index contributed by atoms with van der Waals surface area (Å²) >= 11 is 0. The van der Waals surface area contributed by atoms with Gasteiger partial charge in [-0.2, -0.15) is 0 Å². The number of hydrogen-bond acceptors (Lipinski definition) is 3. The van der Waals surface area contributed by atoms with Gasteiger partial charge in [0.15, 0.2) is 0 Å². The SMILES string of the molecule is COCCN(CC(C)C)C(=O)C1C(C(=O)O)C1(C)C. The van der Waals surface area contributed by atoms with Crippen molar-refractivity contribution in [3.05, 3.63) is 0 Å². The predicted octanol–water partition coefficient (Wildman–Crippen LogP) is 1.47. The Morgan fingerprint density at radius 3 is 2.26 bits per heavy atom. The molecule has 110 valence electrons. The molecule has 1 fully saturated rings. The number of ether oxygens (including phenoxy) is 1. The van der Waals surface area contributed by atoms with Crippen molar-refractivity contribution in [1.82, 2.24) is 4.90 Å². The molecule has 5 nitrogen and oxygen atoms in total. The van der Waals surface area contributed by atoms with E-state index in [-0.39, 0.29) is 5.91 Å². The zero-order chi connectivity index (χ0) is 14.8. The smallest absolute Gasteiger partial charge is 0.307 e. The number of nitrogens with zero attached hydrogens (tertiary/aromatic N) is 1. The Morgan fingerprint density at radius 1 is 1.32 bits per heavy atom. The molecule has 19 heavy (non-hydrogen) atoms. The number of amides is 1. The summed E-state index contributed by atoms with van der Waals surface area (Å²) in [7, 11) is 1.60. The van der Waals surface area contributed by atoms with E-state index in [0.717, 1.165) is 0 Å². The number of carboxylic acids is 1. The normalized spacial score (nSPS) is 24.3. The van der Waals surface area contributed by atoms with Crippen molar-refractivity contribution in [2.24, 2.45) is 23.2 Å². The molecular weight excluding hydrogens is 246 g/mol. The minimum absolute atomic E-state index is 0.0526.